The number of hydrogen-bond donors (Lipinski definition) is 1. The number of aromatic nitrogens is 1. The molecular formula is C17H25N3O. The van der Waals surface area contributed by atoms with Crippen molar-refractivity contribution >= 4 is 16.7 Å². The fraction of sp³-hybridized carbons (Fsp3) is 0.471. The van der Waals surface area contributed by atoms with E-state index in [1.807, 2.05) is 12.1 Å². The van der Waals surface area contributed by atoms with E-state index >= 15 is 0 Å². The van der Waals surface area contributed by atoms with E-state index in [4.69, 9.17) is 9.72 Å². The van der Waals surface area contributed by atoms with Crippen LogP contribution in [0.15, 0.2) is 24.3 Å². The molecule has 0 atom stereocenters. The van der Waals surface area contributed by atoms with E-state index in [-0.39, 0.29) is 0 Å². The Balaban J connectivity index is 2.40. The van der Waals surface area contributed by atoms with Crippen molar-refractivity contribution in [1.29, 1.82) is 0 Å². The molecule has 1 aromatic heterocycles. The molecule has 2 rings (SSSR count). The molecule has 0 unspecified atom stereocenters. The third-order valence-corrected chi connectivity index (χ3v) is 3.49. The highest BCUT2D eigenvalue weighted by Crippen LogP contribution is 2.25. The Hall–Kier alpha value is -1.81. The number of nitrogens with one attached hydrogen (secondary N) is 1. The normalized spacial score (nSPS) is 11.1. The van der Waals surface area contributed by atoms with Crippen LogP contribution in [0.5, 0.6) is 5.75 Å². The van der Waals surface area contributed by atoms with Gasteiger partial charge in [0.1, 0.15) is 11.6 Å². The van der Waals surface area contributed by atoms with Gasteiger partial charge in [-0.3, -0.25) is 0 Å². The Kier molecular flexibility index (Phi) is 5.39. The van der Waals surface area contributed by atoms with Gasteiger partial charge in [-0.05, 0) is 45.1 Å². The summed E-state index contributed by atoms with van der Waals surface area (Å²) >= 11 is 0. The van der Waals surface area contributed by atoms with Gasteiger partial charge in [-0.15, -0.1) is 0 Å². The Bertz CT molecular complexity index is 598. The van der Waals surface area contributed by atoms with Gasteiger partial charge in [0.05, 0.1) is 12.6 Å². The highest BCUT2D eigenvalue weighted by Gasteiger charge is 2.09. The average molecular weight is 287 g/mol. The number of benzene rings is 1. The molecule has 0 radical (unpaired) electrons. The lowest BCUT2D eigenvalue weighted by molar-refractivity contribution is 0.328. The number of nitrogens with zero attached hydrogens (tertiary/aromatic N) is 2. The molecule has 114 valence electrons. The SMILES string of the molecule is CCCN(C)Cc1cc2ccc(OC)cc2nc1NCC. The molecule has 21 heavy (non-hydrogen) atoms. The van der Waals surface area contributed by atoms with E-state index < -0.39 is 0 Å². The van der Waals surface area contributed by atoms with E-state index in [9.17, 15) is 0 Å². The van der Waals surface area contributed by atoms with Crippen LogP contribution in [0.3, 0.4) is 0 Å². The number of pyridine rings is 1. The maximum absolute atomic E-state index is 5.28. The predicted molar refractivity (Wildman–Crippen MR) is 89.1 cm³/mol. The lowest BCUT2D eigenvalue weighted by atomic mass is 10.1. The monoisotopic (exact) mass is 287 g/mol. The molecule has 0 aliphatic carbocycles. The number of fused-ring (bicyclic) bond motifs is 1. The summed E-state index contributed by atoms with van der Waals surface area (Å²) in [6.07, 6.45) is 1.16. The van der Waals surface area contributed by atoms with E-state index in [1.54, 1.807) is 7.11 Å². The Morgan fingerprint density at radius 2 is 2.05 bits per heavy atom. The minimum Gasteiger partial charge on any atom is -0.497 e. The molecule has 1 N–H and O–H groups in total. The third-order valence-electron chi connectivity index (χ3n) is 3.49. The minimum absolute atomic E-state index is 0.841. The van der Waals surface area contributed by atoms with Gasteiger partial charge in [-0.2, -0.15) is 0 Å². The number of hydrogen-bond acceptors (Lipinski definition) is 4. The summed E-state index contributed by atoms with van der Waals surface area (Å²) < 4.78 is 5.28. The zero-order valence-corrected chi connectivity index (χ0v) is 13.4. The summed E-state index contributed by atoms with van der Waals surface area (Å²) in [5, 5.41) is 4.52. The fourth-order valence-electron chi connectivity index (χ4n) is 2.51. The van der Waals surface area contributed by atoms with Gasteiger partial charge in [0.15, 0.2) is 0 Å². The fourth-order valence-corrected chi connectivity index (χ4v) is 2.51. The number of ether oxygens (including phenoxy) is 1. The number of rotatable bonds is 7. The molecule has 0 aliphatic heterocycles. The van der Waals surface area contributed by atoms with Gasteiger partial charge in [0.25, 0.3) is 0 Å². The lowest BCUT2D eigenvalue weighted by Crippen LogP contribution is -2.19. The molecule has 2 aromatic rings. The van der Waals surface area contributed by atoms with Crippen LogP contribution in [0, 0.1) is 0 Å². The molecule has 0 fully saturated rings. The van der Waals surface area contributed by atoms with Crippen LogP contribution in [0.1, 0.15) is 25.8 Å². The van der Waals surface area contributed by atoms with Crippen LogP contribution in [0.2, 0.25) is 0 Å². The molecule has 4 nitrogen and oxygen atoms in total. The maximum Gasteiger partial charge on any atom is 0.131 e. The first-order valence-electron chi connectivity index (χ1n) is 7.58. The number of anilines is 1. The highest BCUT2D eigenvalue weighted by atomic mass is 16.5. The van der Waals surface area contributed by atoms with Crippen LogP contribution >= 0.6 is 0 Å². The Labute approximate surface area is 127 Å². The molecule has 0 aliphatic rings. The van der Waals surface area contributed by atoms with Gasteiger partial charge in [0.2, 0.25) is 0 Å². The summed E-state index contributed by atoms with van der Waals surface area (Å²) in [5.74, 6) is 1.81. The Morgan fingerprint density at radius 3 is 2.71 bits per heavy atom. The summed E-state index contributed by atoms with van der Waals surface area (Å²) in [7, 11) is 3.83. The van der Waals surface area contributed by atoms with E-state index in [1.165, 1.54) is 5.56 Å². The lowest BCUT2D eigenvalue weighted by Gasteiger charge is -2.18. The van der Waals surface area contributed by atoms with E-state index in [0.717, 1.165) is 48.5 Å². The van der Waals surface area contributed by atoms with Crippen LogP contribution in [-0.2, 0) is 6.54 Å². The molecule has 1 aromatic carbocycles. The van der Waals surface area contributed by atoms with Crippen LogP contribution in [-0.4, -0.2) is 37.1 Å². The average Bonchev–Trinajstić information content (AvgIpc) is 2.48. The first-order chi connectivity index (χ1) is 10.2. The van der Waals surface area contributed by atoms with Crippen molar-refractivity contribution in [2.75, 3.05) is 32.6 Å². The van der Waals surface area contributed by atoms with Crippen molar-refractivity contribution in [2.24, 2.45) is 0 Å². The molecule has 0 amide bonds. The van der Waals surface area contributed by atoms with Gasteiger partial charge in [0, 0.05) is 30.1 Å². The number of methoxy groups -OCH3 is 1. The second-order valence-corrected chi connectivity index (χ2v) is 5.32. The molecule has 1 heterocycles. The Morgan fingerprint density at radius 1 is 1.24 bits per heavy atom. The first kappa shape index (κ1) is 15.6. The summed E-state index contributed by atoms with van der Waals surface area (Å²) in [5.41, 5.74) is 2.21. The van der Waals surface area contributed by atoms with E-state index in [0.29, 0.717) is 0 Å². The van der Waals surface area contributed by atoms with Crippen molar-refractivity contribution in [2.45, 2.75) is 26.8 Å². The van der Waals surface area contributed by atoms with Crippen molar-refractivity contribution in [3.8, 4) is 5.75 Å². The summed E-state index contributed by atoms with van der Waals surface area (Å²) in [4.78, 5) is 7.10. The summed E-state index contributed by atoms with van der Waals surface area (Å²) in [6.45, 7) is 7.16. The largest absolute Gasteiger partial charge is 0.497 e. The smallest absolute Gasteiger partial charge is 0.131 e. The van der Waals surface area contributed by atoms with Crippen LogP contribution in [0.25, 0.3) is 10.9 Å². The van der Waals surface area contributed by atoms with Crippen molar-refractivity contribution in [3.05, 3.63) is 29.8 Å². The van der Waals surface area contributed by atoms with Crippen molar-refractivity contribution in [3.63, 3.8) is 0 Å². The quantitative estimate of drug-likeness (QED) is 0.845. The zero-order valence-electron chi connectivity index (χ0n) is 13.4. The molecule has 4 heteroatoms. The molecule has 0 saturated heterocycles. The van der Waals surface area contributed by atoms with Crippen molar-refractivity contribution in [1.82, 2.24) is 9.88 Å². The van der Waals surface area contributed by atoms with Gasteiger partial charge in [-0.1, -0.05) is 6.92 Å². The second kappa shape index (κ2) is 7.27. The molecule has 0 bridgehead atoms. The minimum atomic E-state index is 0.841. The predicted octanol–water partition coefficient (Wildman–Crippen LogP) is 3.52. The van der Waals surface area contributed by atoms with Gasteiger partial charge >= 0.3 is 0 Å². The summed E-state index contributed by atoms with van der Waals surface area (Å²) in [6, 6.07) is 8.26. The molecular weight excluding hydrogens is 262 g/mol. The maximum atomic E-state index is 5.28. The van der Waals surface area contributed by atoms with Crippen LogP contribution in [0.4, 0.5) is 5.82 Å². The van der Waals surface area contributed by atoms with E-state index in [2.05, 4.69) is 43.2 Å². The molecule has 0 saturated carbocycles. The van der Waals surface area contributed by atoms with Gasteiger partial charge in [-0.25, -0.2) is 4.98 Å². The molecule has 0 spiro atoms. The highest BCUT2D eigenvalue weighted by molar-refractivity contribution is 5.83. The second-order valence-electron chi connectivity index (χ2n) is 5.32. The van der Waals surface area contributed by atoms with Crippen molar-refractivity contribution < 1.29 is 4.74 Å². The first-order valence-corrected chi connectivity index (χ1v) is 7.58. The topological polar surface area (TPSA) is 37.4 Å². The zero-order chi connectivity index (χ0) is 15.2. The van der Waals surface area contributed by atoms with Gasteiger partial charge < -0.3 is 15.0 Å². The standard InChI is InChI=1S/C17H25N3O/c1-5-9-20(3)12-14-10-13-7-8-15(21-4)11-16(13)19-17(14)18-6-2/h7-8,10-11H,5-6,9,12H2,1-4H3,(H,18,19). The van der Waals surface area contributed by atoms with Crippen LogP contribution < -0.4 is 10.1 Å². The third kappa shape index (κ3) is 3.85.